The Hall–Kier alpha value is -1.46. The van der Waals surface area contributed by atoms with Gasteiger partial charge in [0.25, 0.3) is 0 Å². The van der Waals surface area contributed by atoms with Gasteiger partial charge in [-0.1, -0.05) is 11.6 Å². The van der Waals surface area contributed by atoms with Crippen molar-refractivity contribution in [1.29, 1.82) is 0 Å². The summed E-state index contributed by atoms with van der Waals surface area (Å²) in [4.78, 5) is 4.04. The van der Waals surface area contributed by atoms with Crippen LogP contribution in [-0.2, 0) is 0 Å². The standard InChI is InChI=1S/C12H13ClN4O/c13-11-10-6-14-4-3-9(10)12(17-16-11)15-7-1-2-8(18)5-7/h3-4,6-8,18H,1-2,5H2,(H,15,17)/t7-,8-/m1/s1. The van der Waals surface area contributed by atoms with Crippen LogP contribution in [0.1, 0.15) is 19.3 Å². The predicted octanol–water partition coefficient (Wildman–Crippen LogP) is 2.00. The van der Waals surface area contributed by atoms with Gasteiger partial charge in [0.05, 0.1) is 6.10 Å². The van der Waals surface area contributed by atoms with Crippen LogP contribution in [0.5, 0.6) is 0 Å². The normalized spacial score (nSPS) is 23.4. The Morgan fingerprint density at radius 3 is 2.94 bits per heavy atom. The molecule has 0 aliphatic heterocycles. The Morgan fingerprint density at radius 1 is 1.28 bits per heavy atom. The zero-order chi connectivity index (χ0) is 12.5. The molecule has 1 fully saturated rings. The van der Waals surface area contributed by atoms with Gasteiger partial charge in [-0.05, 0) is 25.3 Å². The smallest absolute Gasteiger partial charge is 0.161 e. The number of hydrogen-bond acceptors (Lipinski definition) is 5. The van der Waals surface area contributed by atoms with E-state index in [0.29, 0.717) is 11.0 Å². The molecule has 0 bridgehead atoms. The number of aliphatic hydroxyl groups excluding tert-OH is 1. The van der Waals surface area contributed by atoms with Gasteiger partial charge in [0.1, 0.15) is 0 Å². The molecule has 1 aliphatic carbocycles. The van der Waals surface area contributed by atoms with Gasteiger partial charge in [-0.2, -0.15) is 0 Å². The first kappa shape index (κ1) is 11.6. The third kappa shape index (κ3) is 2.11. The Labute approximate surface area is 109 Å². The van der Waals surface area contributed by atoms with Crippen molar-refractivity contribution in [2.24, 2.45) is 0 Å². The lowest BCUT2D eigenvalue weighted by Crippen LogP contribution is -2.18. The maximum Gasteiger partial charge on any atom is 0.161 e. The molecule has 0 unspecified atom stereocenters. The molecule has 2 N–H and O–H groups in total. The number of fused-ring (bicyclic) bond motifs is 1. The van der Waals surface area contributed by atoms with Gasteiger partial charge in [-0.3, -0.25) is 4.98 Å². The third-order valence-electron chi connectivity index (χ3n) is 3.28. The number of nitrogens with one attached hydrogen (secondary N) is 1. The number of aromatic nitrogens is 3. The van der Waals surface area contributed by atoms with E-state index in [0.717, 1.165) is 30.0 Å². The molecule has 0 amide bonds. The molecule has 2 aromatic rings. The van der Waals surface area contributed by atoms with Crippen molar-refractivity contribution in [3.05, 3.63) is 23.6 Å². The lowest BCUT2D eigenvalue weighted by molar-refractivity contribution is 0.182. The van der Waals surface area contributed by atoms with E-state index in [9.17, 15) is 5.11 Å². The van der Waals surface area contributed by atoms with Gasteiger partial charge in [-0.25, -0.2) is 0 Å². The summed E-state index contributed by atoms with van der Waals surface area (Å²) < 4.78 is 0. The van der Waals surface area contributed by atoms with Crippen LogP contribution in [0.4, 0.5) is 5.82 Å². The Balaban J connectivity index is 1.95. The highest BCUT2D eigenvalue weighted by Gasteiger charge is 2.23. The third-order valence-corrected chi connectivity index (χ3v) is 3.56. The number of anilines is 1. The van der Waals surface area contributed by atoms with Crippen LogP contribution in [0.3, 0.4) is 0 Å². The second kappa shape index (κ2) is 4.66. The Bertz CT molecular complexity index is 577. The van der Waals surface area contributed by atoms with E-state index in [1.165, 1.54) is 0 Å². The number of nitrogens with zero attached hydrogens (tertiary/aromatic N) is 3. The van der Waals surface area contributed by atoms with Crippen LogP contribution >= 0.6 is 11.6 Å². The van der Waals surface area contributed by atoms with Crippen LogP contribution in [-0.4, -0.2) is 32.4 Å². The van der Waals surface area contributed by atoms with Gasteiger partial charge >= 0.3 is 0 Å². The zero-order valence-electron chi connectivity index (χ0n) is 9.67. The largest absolute Gasteiger partial charge is 0.393 e. The number of hydrogen-bond donors (Lipinski definition) is 2. The second-order valence-corrected chi connectivity index (χ2v) is 4.93. The quantitative estimate of drug-likeness (QED) is 0.868. The monoisotopic (exact) mass is 264 g/mol. The summed E-state index contributed by atoms with van der Waals surface area (Å²) in [6, 6.07) is 2.11. The molecule has 6 heteroatoms. The van der Waals surface area contributed by atoms with Crippen molar-refractivity contribution < 1.29 is 5.11 Å². The molecule has 2 heterocycles. The molecular weight excluding hydrogens is 252 g/mol. The molecule has 1 saturated carbocycles. The van der Waals surface area contributed by atoms with Crippen LogP contribution in [0.25, 0.3) is 10.8 Å². The highest BCUT2D eigenvalue weighted by atomic mass is 35.5. The average Bonchev–Trinajstić information content (AvgIpc) is 2.79. The number of rotatable bonds is 2. The number of pyridine rings is 1. The molecule has 0 spiro atoms. The van der Waals surface area contributed by atoms with E-state index < -0.39 is 0 Å². The lowest BCUT2D eigenvalue weighted by Gasteiger charge is -2.14. The first-order valence-corrected chi connectivity index (χ1v) is 6.32. The summed E-state index contributed by atoms with van der Waals surface area (Å²) in [5.41, 5.74) is 0. The minimum atomic E-state index is -0.212. The summed E-state index contributed by atoms with van der Waals surface area (Å²) in [6.45, 7) is 0. The molecule has 94 valence electrons. The fourth-order valence-electron chi connectivity index (χ4n) is 2.36. The molecule has 18 heavy (non-hydrogen) atoms. The summed E-state index contributed by atoms with van der Waals surface area (Å²) in [5.74, 6) is 0.705. The van der Waals surface area contributed by atoms with E-state index in [4.69, 9.17) is 11.6 Å². The molecular formula is C12H13ClN4O. The molecule has 2 atom stereocenters. The molecule has 2 aromatic heterocycles. The fraction of sp³-hybridized carbons (Fsp3) is 0.417. The predicted molar refractivity (Wildman–Crippen MR) is 69.6 cm³/mol. The molecule has 0 saturated heterocycles. The fourth-order valence-corrected chi connectivity index (χ4v) is 2.54. The van der Waals surface area contributed by atoms with E-state index >= 15 is 0 Å². The van der Waals surface area contributed by atoms with Crippen molar-refractivity contribution in [3.8, 4) is 0 Å². The lowest BCUT2D eigenvalue weighted by atomic mass is 10.2. The summed E-state index contributed by atoms with van der Waals surface area (Å²) in [7, 11) is 0. The second-order valence-electron chi connectivity index (χ2n) is 4.57. The van der Waals surface area contributed by atoms with Gasteiger partial charge in [0.15, 0.2) is 11.0 Å². The highest BCUT2D eigenvalue weighted by molar-refractivity contribution is 6.34. The van der Waals surface area contributed by atoms with Crippen LogP contribution in [0.2, 0.25) is 5.15 Å². The van der Waals surface area contributed by atoms with Gasteiger partial charge in [0, 0.05) is 29.2 Å². The molecule has 0 radical (unpaired) electrons. The minimum Gasteiger partial charge on any atom is -0.393 e. The maximum atomic E-state index is 9.53. The van der Waals surface area contributed by atoms with Crippen molar-refractivity contribution in [1.82, 2.24) is 15.2 Å². The average molecular weight is 265 g/mol. The van der Waals surface area contributed by atoms with Gasteiger partial charge < -0.3 is 10.4 Å². The first-order chi connectivity index (χ1) is 8.74. The van der Waals surface area contributed by atoms with E-state index in [-0.39, 0.29) is 12.1 Å². The summed E-state index contributed by atoms with van der Waals surface area (Å²) in [6.07, 6.45) is 5.69. The summed E-state index contributed by atoms with van der Waals surface area (Å²) in [5, 5.41) is 22.9. The van der Waals surface area contributed by atoms with Crippen LogP contribution in [0.15, 0.2) is 18.5 Å². The van der Waals surface area contributed by atoms with E-state index in [2.05, 4.69) is 20.5 Å². The first-order valence-electron chi connectivity index (χ1n) is 5.94. The van der Waals surface area contributed by atoms with E-state index in [1.807, 2.05) is 6.07 Å². The number of aliphatic hydroxyl groups is 1. The topological polar surface area (TPSA) is 70.9 Å². The zero-order valence-corrected chi connectivity index (χ0v) is 10.4. The molecule has 3 rings (SSSR count). The minimum absolute atomic E-state index is 0.212. The van der Waals surface area contributed by atoms with E-state index in [1.54, 1.807) is 12.4 Å². The van der Waals surface area contributed by atoms with Crippen molar-refractivity contribution in [2.75, 3.05) is 5.32 Å². The highest BCUT2D eigenvalue weighted by Crippen LogP contribution is 2.28. The van der Waals surface area contributed by atoms with Crippen LogP contribution < -0.4 is 5.32 Å². The van der Waals surface area contributed by atoms with Crippen molar-refractivity contribution >= 4 is 28.2 Å². The van der Waals surface area contributed by atoms with Crippen molar-refractivity contribution in [2.45, 2.75) is 31.4 Å². The Morgan fingerprint density at radius 2 is 2.17 bits per heavy atom. The molecule has 0 aromatic carbocycles. The van der Waals surface area contributed by atoms with Gasteiger partial charge in [0.2, 0.25) is 0 Å². The maximum absolute atomic E-state index is 9.53. The van der Waals surface area contributed by atoms with Gasteiger partial charge in [-0.15, -0.1) is 10.2 Å². The SMILES string of the molecule is O[C@@H]1CC[C@@H](Nc2nnc(Cl)c3cnccc23)C1. The molecule has 5 nitrogen and oxygen atoms in total. The Kier molecular flexibility index (Phi) is 3.01. The van der Waals surface area contributed by atoms with Crippen molar-refractivity contribution in [3.63, 3.8) is 0 Å². The molecule has 1 aliphatic rings. The van der Waals surface area contributed by atoms with Crippen LogP contribution in [0, 0.1) is 0 Å². The summed E-state index contributed by atoms with van der Waals surface area (Å²) >= 11 is 5.99. The number of halogens is 1.